The van der Waals surface area contributed by atoms with Crippen molar-refractivity contribution in [1.82, 2.24) is 15.0 Å². The molecular weight excluding hydrogens is 372 g/mol. The van der Waals surface area contributed by atoms with Crippen molar-refractivity contribution in [3.63, 3.8) is 0 Å². The topological polar surface area (TPSA) is 128 Å². The van der Waals surface area contributed by atoms with Gasteiger partial charge in [0.05, 0.1) is 11.4 Å². The van der Waals surface area contributed by atoms with Crippen molar-refractivity contribution in [3.05, 3.63) is 66.5 Å². The highest BCUT2D eigenvalue weighted by Gasteiger charge is 2.25. The molecule has 0 unspecified atom stereocenters. The highest BCUT2D eigenvalue weighted by atomic mass is 16.6. The lowest BCUT2D eigenvalue weighted by Gasteiger charge is -2.21. The Bertz CT molecular complexity index is 1150. The molecule has 0 aliphatic carbocycles. The monoisotopic (exact) mass is 389 g/mol. The summed E-state index contributed by atoms with van der Waals surface area (Å²) in [5.74, 6) is -0.192. The summed E-state index contributed by atoms with van der Waals surface area (Å²) in [5.41, 5.74) is 7.45. The molecule has 29 heavy (non-hydrogen) atoms. The molecular formula is C20H17N6O3+. The first kappa shape index (κ1) is 18.1. The van der Waals surface area contributed by atoms with Crippen LogP contribution in [0, 0.1) is 0 Å². The van der Waals surface area contributed by atoms with Crippen LogP contribution in [0.2, 0.25) is 0 Å². The van der Waals surface area contributed by atoms with Gasteiger partial charge in [0.15, 0.2) is 17.1 Å². The largest absolute Gasteiger partial charge is 0.426 e. The fourth-order valence-corrected chi connectivity index (χ4v) is 2.81. The normalized spacial score (nSPS) is 10.7. The number of H-pyrrole nitrogens is 2. The predicted molar refractivity (Wildman–Crippen MR) is 106 cm³/mol. The number of ketones is 1. The Hall–Kier alpha value is -4.27. The number of benzene rings is 2. The number of anilines is 3. The summed E-state index contributed by atoms with van der Waals surface area (Å²) >= 11 is 0. The molecule has 0 aliphatic rings. The molecule has 2 aromatic heterocycles. The Balaban J connectivity index is 1.76. The SMILES string of the molecule is CC(=O)c1nc2nc(N)[nH+]c(OC(=O)N(c3ccccc3)c3ccccc3)c2[nH]1. The first-order valence-electron chi connectivity index (χ1n) is 8.74. The molecule has 2 heterocycles. The number of nitrogen functional groups attached to an aromatic ring is 1. The van der Waals surface area contributed by atoms with E-state index in [1.807, 2.05) is 36.4 Å². The van der Waals surface area contributed by atoms with E-state index in [1.165, 1.54) is 11.8 Å². The van der Waals surface area contributed by atoms with E-state index in [4.69, 9.17) is 10.5 Å². The molecule has 0 atom stereocenters. The molecule has 4 N–H and O–H groups in total. The molecule has 0 spiro atoms. The van der Waals surface area contributed by atoms with Crippen LogP contribution >= 0.6 is 0 Å². The standard InChI is InChI=1S/C20H16N6O3/c1-12(27)16-22-15-17(23-16)24-19(21)25-18(15)29-20(28)26(13-8-4-2-5-9-13)14-10-6-3-7-11-14/h2-11H,1H3,(H3,21,22,23,24,25)/p+1. The number of nitrogens with zero attached hydrogens (tertiary/aromatic N) is 3. The van der Waals surface area contributed by atoms with E-state index in [2.05, 4.69) is 19.9 Å². The van der Waals surface area contributed by atoms with Gasteiger partial charge < -0.3 is 9.72 Å². The predicted octanol–water partition coefficient (Wildman–Crippen LogP) is 2.89. The average Bonchev–Trinajstić information content (AvgIpc) is 3.14. The zero-order valence-corrected chi connectivity index (χ0v) is 15.4. The van der Waals surface area contributed by atoms with Gasteiger partial charge >= 0.3 is 12.0 Å². The number of fused-ring (bicyclic) bond motifs is 1. The quantitative estimate of drug-likeness (QED) is 0.517. The molecule has 9 nitrogen and oxygen atoms in total. The van der Waals surface area contributed by atoms with Gasteiger partial charge in [-0.3, -0.25) is 10.5 Å². The number of ether oxygens (including phenoxy) is 1. The Morgan fingerprint density at radius 1 is 1.00 bits per heavy atom. The third-order valence-corrected chi connectivity index (χ3v) is 4.11. The number of nitrogens with one attached hydrogen (secondary N) is 2. The van der Waals surface area contributed by atoms with Crippen LogP contribution in [0.15, 0.2) is 60.7 Å². The van der Waals surface area contributed by atoms with Crippen LogP contribution in [0.4, 0.5) is 22.1 Å². The number of hydrogen-bond acceptors (Lipinski definition) is 6. The number of aromatic nitrogens is 4. The van der Waals surface area contributed by atoms with Crippen molar-refractivity contribution in [3.8, 4) is 5.88 Å². The molecule has 0 saturated heterocycles. The van der Waals surface area contributed by atoms with Gasteiger partial charge in [0.1, 0.15) is 0 Å². The summed E-state index contributed by atoms with van der Waals surface area (Å²) in [4.78, 5) is 39.8. The minimum atomic E-state index is -0.676. The summed E-state index contributed by atoms with van der Waals surface area (Å²) in [5, 5.41) is 0. The second-order valence-electron chi connectivity index (χ2n) is 6.17. The van der Waals surface area contributed by atoms with E-state index in [9.17, 15) is 9.59 Å². The van der Waals surface area contributed by atoms with Crippen molar-refractivity contribution in [2.45, 2.75) is 6.92 Å². The number of nitrogens with two attached hydrogens (primary N) is 1. The third-order valence-electron chi connectivity index (χ3n) is 4.11. The van der Waals surface area contributed by atoms with E-state index in [0.29, 0.717) is 11.4 Å². The van der Waals surface area contributed by atoms with Crippen LogP contribution < -0.4 is 20.4 Å². The zero-order valence-electron chi connectivity index (χ0n) is 15.4. The number of hydrogen-bond donors (Lipinski definition) is 2. The van der Waals surface area contributed by atoms with Gasteiger partial charge in [-0.2, -0.15) is 4.98 Å². The zero-order chi connectivity index (χ0) is 20.4. The van der Waals surface area contributed by atoms with Crippen LogP contribution in [0.3, 0.4) is 0 Å². The number of amides is 1. The number of rotatable bonds is 4. The Labute approximate surface area is 165 Å². The smallest absolute Gasteiger partial charge is 0.377 e. The van der Waals surface area contributed by atoms with Crippen molar-refractivity contribution in [2.75, 3.05) is 10.6 Å². The molecule has 0 radical (unpaired) electrons. The molecule has 0 saturated carbocycles. The minimum absolute atomic E-state index is 0.00660. The van der Waals surface area contributed by atoms with Crippen molar-refractivity contribution in [1.29, 1.82) is 0 Å². The van der Waals surface area contributed by atoms with Crippen LogP contribution in [0.5, 0.6) is 5.88 Å². The molecule has 4 aromatic rings. The lowest BCUT2D eigenvalue weighted by molar-refractivity contribution is -0.374. The third kappa shape index (κ3) is 3.61. The Morgan fingerprint density at radius 3 is 2.14 bits per heavy atom. The van der Waals surface area contributed by atoms with Gasteiger partial charge in [0.2, 0.25) is 0 Å². The van der Waals surface area contributed by atoms with E-state index in [0.717, 1.165) is 0 Å². The minimum Gasteiger partial charge on any atom is -0.377 e. The summed E-state index contributed by atoms with van der Waals surface area (Å²) in [7, 11) is 0. The lowest BCUT2D eigenvalue weighted by atomic mass is 10.2. The molecule has 9 heteroatoms. The number of para-hydroxylation sites is 2. The summed E-state index contributed by atoms with van der Waals surface area (Å²) in [6.07, 6.45) is -0.676. The van der Waals surface area contributed by atoms with Gasteiger partial charge in [0, 0.05) is 6.92 Å². The van der Waals surface area contributed by atoms with Crippen LogP contribution in [-0.4, -0.2) is 26.8 Å². The molecule has 0 aliphatic heterocycles. The first-order chi connectivity index (χ1) is 14.0. The molecule has 2 aromatic carbocycles. The van der Waals surface area contributed by atoms with Crippen LogP contribution in [-0.2, 0) is 0 Å². The maximum absolute atomic E-state index is 13.1. The summed E-state index contributed by atoms with van der Waals surface area (Å²) < 4.78 is 5.60. The lowest BCUT2D eigenvalue weighted by Crippen LogP contribution is -2.31. The van der Waals surface area contributed by atoms with Crippen LogP contribution in [0.25, 0.3) is 11.2 Å². The van der Waals surface area contributed by atoms with E-state index < -0.39 is 6.09 Å². The molecule has 1 amide bonds. The number of carbonyl (C=O) groups excluding carboxylic acids is 2. The second kappa shape index (κ2) is 7.39. The second-order valence-corrected chi connectivity index (χ2v) is 6.17. The highest BCUT2D eigenvalue weighted by Crippen LogP contribution is 2.27. The maximum Gasteiger partial charge on any atom is 0.426 e. The average molecular weight is 389 g/mol. The summed E-state index contributed by atoms with van der Waals surface area (Å²) in [6, 6.07) is 18.2. The molecule has 4 rings (SSSR count). The molecule has 0 fully saturated rings. The maximum atomic E-state index is 13.1. The van der Waals surface area contributed by atoms with E-state index >= 15 is 0 Å². The van der Waals surface area contributed by atoms with Gasteiger partial charge in [-0.05, 0) is 29.2 Å². The van der Waals surface area contributed by atoms with E-state index in [1.54, 1.807) is 24.3 Å². The number of carbonyl (C=O) groups is 2. The number of imidazole rings is 1. The summed E-state index contributed by atoms with van der Waals surface area (Å²) in [6.45, 7) is 1.36. The van der Waals surface area contributed by atoms with Gasteiger partial charge in [-0.1, -0.05) is 36.4 Å². The van der Waals surface area contributed by atoms with Crippen LogP contribution in [0.1, 0.15) is 17.5 Å². The fraction of sp³-hybridized carbons (Fsp3) is 0.0500. The molecule has 0 bridgehead atoms. The van der Waals surface area contributed by atoms with Gasteiger partial charge in [-0.15, -0.1) is 0 Å². The van der Waals surface area contributed by atoms with Crippen molar-refractivity contribution in [2.24, 2.45) is 0 Å². The van der Waals surface area contributed by atoms with Crippen molar-refractivity contribution >= 4 is 40.4 Å². The number of Topliss-reactive ketones (excluding diaryl/α,β-unsaturated/α-hetero) is 1. The number of aromatic amines is 2. The van der Waals surface area contributed by atoms with E-state index in [-0.39, 0.29) is 34.6 Å². The molecule has 144 valence electrons. The first-order valence-corrected chi connectivity index (χ1v) is 8.74. The Morgan fingerprint density at radius 2 is 1.59 bits per heavy atom. The Kier molecular flexibility index (Phi) is 4.62. The van der Waals surface area contributed by atoms with Crippen molar-refractivity contribution < 1.29 is 19.3 Å². The highest BCUT2D eigenvalue weighted by molar-refractivity contribution is 5.98. The fourth-order valence-electron chi connectivity index (χ4n) is 2.81. The van der Waals surface area contributed by atoms with Gasteiger partial charge in [0.25, 0.3) is 11.5 Å². The van der Waals surface area contributed by atoms with Gasteiger partial charge in [-0.25, -0.2) is 14.7 Å².